The van der Waals surface area contributed by atoms with E-state index in [2.05, 4.69) is 15.6 Å². The van der Waals surface area contributed by atoms with Gasteiger partial charge in [-0.25, -0.2) is 8.42 Å². The highest BCUT2D eigenvalue weighted by Crippen LogP contribution is 2.30. The van der Waals surface area contributed by atoms with Crippen LogP contribution in [0.2, 0.25) is 0 Å². The Morgan fingerprint density at radius 1 is 1.37 bits per heavy atom. The van der Waals surface area contributed by atoms with Crippen LogP contribution in [0.25, 0.3) is 0 Å². The number of furan rings is 1. The van der Waals surface area contributed by atoms with Crippen molar-refractivity contribution in [3.8, 4) is 0 Å². The van der Waals surface area contributed by atoms with Crippen LogP contribution >= 0.6 is 0 Å². The van der Waals surface area contributed by atoms with Gasteiger partial charge in [-0.1, -0.05) is 0 Å². The fraction of sp³-hybridized carbons (Fsp3) is 0.688. The molecule has 1 unspecified atom stereocenters. The molecule has 2 N–H and O–H groups in total. The number of nitrogens with one attached hydrogen (secondary N) is 2. The molecule has 2 rings (SSSR count). The third kappa shape index (κ3) is 5.38. The minimum Gasteiger partial charge on any atom is -0.464 e. The van der Waals surface area contributed by atoms with E-state index in [1.54, 1.807) is 7.05 Å². The van der Waals surface area contributed by atoms with Crippen molar-refractivity contribution >= 4 is 16.0 Å². The summed E-state index contributed by atoms with van der Waals surface area (Å²) < 4.78 is 66.7. The zero-order chi connectivity index (χ0) is 20.2. The predicted molar refractivity (Wildman–Crippen MR) is 95.6 cm³/mol. The predicted octanol–water partition coefficient (Wildman–Crippen LogP) is 2.38. The van der Waals surface area contributed by atoms with Gasteiger partial charge in [-0.3, -0.25) is 4.99 Å². The molecular weight excluding hydrogens is 385 g/mol. The third-order valence-electron chi connectivity index (χ3n) is 4.53. The van der Waals surface area contributed by atoms with Gasteiger partial charge < -0.3 is 15.1 Å². The van der Waals surface area contributed by atoms with Gasteiger partial charge in [-0.15, -0.1) is 0 Å². The van der Waals surface area contributed by atoms with E-state index < -0.39 is 15.5 Å². The van der Waals surface area contributed by atoms with Crippen LogP contribution in [0.5, 0.6) is 0 Å². The number of rotatable bonds is 5. The molecule has 0 aromatic carbocycles. The second kappa shape index (κ2) is 8.51. The van der Waals surface area contributed by atoms with Crippen molar-refractivity contribution in [3.05, 3.63) is 23.7 Å². The standard InChI is InChI=1S/C16H25F3N4O3S/c1-11-4-5-14(26-11)12(2)22-15(20-3)21-10-13-6-8-23(9-7-13)27(24,25)16(17,18)19/h4-5,12-13H,6-10H2,1-3H3,(H2,20,21,22). The monoisotopic (exact) mass is 410 g/mol. The van der Waals surface area contributed by atoms with Gasteiger partial charge in [0.15, 0.2) is 5.96 Å². The van der Waals surface area contributed by atoms with Crippen LogP contribution in [0.4, 0.5) is 13.2 Å². The summed E-state index contributed by atoms with van der Waals surface area (Å²) in [6.07, 6.45) is 0.707. The molecule has 7 nitrogen and oxygen atoms in total. The first-order chi connectivity index (χ1) is 12.5. The van der Waals surface area contributed by atoms with E-state index in [-0.39, 0.29) is 25.0 Å². The molecule has 1 aliphatic heterocycles. The first-order valence-corrected chi connectivity index (χ1v) is 10.1. The van der Waals surface area contributed by atoms with Crippen LogP contribution < -0.4 is 10.6 Å². The van der Waals surface area contributed by atoms with Crippen molar-refractivity contribution in [2.75, 3.05) is 26.7 Å². The van der Waals surface area contributed by atoms with E-state index >= 15 is 0 Å². The molecule has 11 heteroatoms. The second-order valence-corrected chi connectivity index (χ2v) is 8.49. The van der Waals surface area contributed by atoms with Gasteiger partial charge in [0, 0.05) is 26.7 Å². The highest BCUT2D eigenvalue weighted by Gasteiger charge is 2.50. The van der Waals surface area contributed by atoms with E-state index in [0.717, 1.165) is 11.5 Å². The maximum atomic E-state index is 12.6. The highest BCUT2D eigenvalue weighted by molar-refractivity contribution is 7.90. The summed E-state index contributed by atoms with van der Waals surface area (Å²) in [6.45, 7) is 3.99. The molecule has 2 heterocycles. The van der Waals surface area contributed by atoms with Crippen LogP contribution in [0.15, 0.2) is 21.5 Å². The Balaban J connectivity index is 1.81. The van der Waals surface area contributed by atoms with Crippen molar-refractivity contribution in [1.29, 1.82) is 0 Å². The highest BCUT2D eigenvalue weighted by atomic mass is 32.2. The summed E-state index contributed by atoms with van der Waals surface area (Å²) in [5.74, 6) is 2.18. The largest absolute Gasteiger partial charge is 0.511 e. The minimum atomic E-state index is -5.25. The molecule has 0 spiro atoms. The summed E-state index contributed by atoms with van der Waals surface area (Å²) >= 11 is 0. The lowest BCUT2D eigenvalue weighted by molar-refractivity contribution is -0.0496. The number of guanidine groups is 1. The van der Waals surface area contributed by atoms with E-state index in [0.29, 0.717) is 29.7 Å². The van der Waals surface area contributed by atoms with Gasteiger partial charge in [0.2, 0.25) is 0 Å². The lowest BCUT2D eigenvalue weighted by Crippen LogP contribution is -2.47. The molecule has 0 amide bonds. The molecule has 0 aliphatic carbocycles. The van der Waals surface area contributed by atoms with E-state index in [4.69, 9.17) is 4.42 Å². The Bertz CT molecular complexity index is 753. The average Bonchev–Trinajstić information content (AvgIpc) is 3.04. The molecular formula is C16H25F3N4O3S. The molecule has 27 heavy (non-hydrogen) atoms. The Morgan fingerprint density at radius 2 is 2.00 bits per heavy atom. The number of aryl methyl sites for hydroxylation is 1. The molecule has 0 radical (unpaired) electrons. The van der Waals surface area contributed by atoms with Gasteiger partial charge in [0.1, 0.15) is 11.5 Å². The quantitative estimate of drug-likeness (QED) is 0.575. The van der Waals surface area contributed by atoms with Crippen molar-refractivity contribution < 1.29 is 26.0 Å². The summed E-state index contributed by atoms with van der Waals surface area (Å²) in [4.78, 5) is 4.13. The summed E-state index contributed by atoms with van der Waals surface area (Å²) in [7, 11) is -3.62. The number of piperidine rings is 1. The third-order valence-corrected chi connectivity index (χ3v) is 6.16. The topological polar surface area (TPSA) is 86.9 Å². The lowest BCUT2D eigenvalue weighted by Gasteiger charge is -2.31. The molecule has 0 saturated carbocycles. The Morgan fingerprint density at radius 3 is 2.48 bits per heavy atom. The molecule has 1 atom stereocenters. The maximum absolute atomic E-state index is 12.6. The van der Waals surface area contributed by atoms with E-state index in [1.165, 1.54) is 0 Å². The van der Waals surface area contributed by atoms with Crippen LogP contribution in [-0.4, -0.2) is 50.9 Å². The Hall–Kier alpha value is -1.75. The van der Waals surface area contributed by atoms with Crippen LogP contribution in [0.3, 0.4) is 0 Å². The summed E-state index contributed by atoms with van der Waals surface area (Å²) in [5, 5.41) is 6.32. The SMILES string of the molecule is CN=C(NCC1CCN(S(=O)(=O)C(F)(F)F)CC1)NC(C)c1ccc(C)o1. The number of alkyl halides is 3. The zero-order valence-electron chi connectivity index (χ0n) is 15.5. The molecule has 154 valence electrons. The zero-order valence-corrected chi connectivity index (χ0v) is 16.3. The fourth-order valence-electron chi connectivity index (χ4n) is 2.90. The van der Waals surface area contributed by atoms with Crippen molar-refractivity contribution in [3.63, 3.8) is 0 Å². The van der Waals surface area contributed by atoms with E-state index in [1.807, 2.05) is 26.0 Å². The van der Waals surface area contributed by atoms with Crippen LogP contribution in [0, 0.1) is 12.8 Å². The van der Waals surface area contributed by atoms with Crippen LogP contribution in [-0.2, 0) is 10.0 Å². The molecule has 1 aromatic heterocycles. The maximum Gasteiger partial charge on any atom is 0.511 e. The van der Waals surface area contributed by atoms with Gasteiger partial charge in [-0.05, 0) is 44.7 Å². The normalized spacial score (nSPS) is 19.1. The van der Waals surface area contributed by atoms with E-state index in [9.17, 15) is 21.6 Å². The van der Waals surface area contributed by atoms with Gasteiger partial charge in [0.05, 0.1) is 6.04 Å². The van der Waals surface area contributed by atoms with Crippen molar-refractivity contribution in [2.45, 2.75) is 38.2 Å². The Kier molecular flexibility index (Phi) is 6.79. The summed E-state index contributed by atoms with van der Waals surface area (Å²) in [5.41, 5.74) is -5.25. The van der Waals surface area contributed by atoms with Gasteiger partial charge in [0.25, 0.3) is 0 Å². The Labute approximate surface area is 157 Å². The van der Waals surface area contributed by atoms with Crippen molar-refractivity contribution in [2.24, 2.45) is 10.9 Å². The molecule has 1 fully saturated rings. The number of hydrogen-bond donors (Lipinski definition) is 2. The van der Waals surface area contributed by atoms with Crippen molar-refractivity contribution in [1.82, 2.24) is 14.9 Å². The molecule has 1 aromatic rings. The van der Waals surface area contributed by atoms with Gasteiger partial charge in [-0.2, -0.15) is 17.5 Å². The molecule has 0 bridgehead atoms. The fourth-order valence-corrected chi connectivity index (χ4v) is 3.88. The summed E-state index contributed by atoms with van der Waals surface area (Å²) in [6, 6.07) is 3.63. The first kappa shape index (κ1) is 21.5. The van der Waals surface area contributed by atoms with Gasteiger partial charge >= 0.3 is 15.5 Å². The number of sulfonamides is 1. The lowest BCUT2D eigenvalue weighted by atomic mass is 9.98. The average molecular weight is 410 g/mol. The molecule has 1 saturated heterocycles. The first-order valence-electron chi connectivity index (χ1n) is 8.64. The minimum absolute atomic E-state index is 0.0596. The second-order valence-electron chi connectivity index (χ2n) is 6.56. The smallest absolute Gasteiger partial charge is 0.464 e. The number of nitrogens with zero attached hydrogens (tertiary/aromatic N) is 2. The number of hydrogen-bond acceptors (Lipinski definition) is 4. The van der Waals surface area contributed by atoms with Crippen LogP contribution in [0.1, 0.15) is 37.3 Å². The molecule has 1 aliphatic rings. The number of aliphatic imine (C=N–C) groups is 1. The number of halogens is 3.